The molecule has 1 aromatic carbocycles. The van der Waals surface area contributed by atoms with Gasteiger partial charge in [0.05, 0.1) is 11.7 Å². The number of hydrogen-bond donors (Lipinski definition) is 1. The van der Waals surface area contributed by atoms with Gasteiger partial charge in [0.1, 0.15) is 26.6 Å². The first kappa shape index (κ1) is 32.0. The molecule has 2 radical (unpaired) electrons. The van der Waals surface area contributed by atoms with Crippen LogP contribution >= 0.6 is 0 Å². The summed E-state index contributed by atoms with van der Waals surface area (Å²) in [7, 11) is 7.28. The molecule has 41 heavy (non-hydrogen) atoms. The molecule has 1 saturated heterocycles. The lowest BCUT2D eigenvalue weighted by molar-refractivity contribution is -0.115. The number of aryl methyl sites for hydroxylation is 1. The number of nitrogens with zero attached hydrogens (tertiary/aromatic N) is 2. The highest BCUT2D eigenvalue weighted by Crippen LogP contribution is 2.31. The molecule has 2 atom stereocenters. The molecule has 1 aliphatic heterocycles. The summed E-state index contributed by atoms with van der Waals surface area (Å²) in [6.07, 6.45) is 12.5. The topological polar surface area (TPSA) is 90.4 Å². The van der Waals surface area contributed by atoms with E-state index in [9.17, 15) is 9.59 Å². The number of hydrogen-bond acceptors (Lipinski definition) is 7. The van der Waals surface area contributed by atoms with Gasteiger partial charge in [0.2, 0.25) is 5.88 Å². The van der Waals surface area contributed by atoms with Crippen LogP contribution in [-0.4, -0.2) is 44.0 Å². The van der Waals surface area contributed by atoms with Crippen LogP contribution in [-0.2, 0) is 16.1 Å². The first-order valence-electron chi connectivity index (χ1n) is 14.5. The molecule has 0 amide bonds. The SMILES string of the molecule is CC1CCCCC1.O=CC1CCOC(c2ccc(OCc3ccccc3)nc2)C1.[B]c1cc(C=O)c(NC)nc1C. The van der Waals surface area contributed by atoms with Crippen LogP contribution in [0.3, 0.4) is 0 Å². The Labute approximate surface area is 245 Å². The smallest absolute Gasteiger partial charge is 0.213 e. The van der Waals surface area contributed by atoms with Crippen LogP contribution in [0.4, 0.5) is 5.82 Å². The Kier molecular flexibility index (Phi) is 13.5. The summed E-state index contributed by atoms with van der Waals surface area (Å²) in [6.45, 7) is 5.28. The number of ether oxygens (including phenoxy) is 2. The summed E-state index contributed by atoms with van der Waals surface area (Å²) < 4.78 is 11.4. The molecule has 2 fully saturated rings. The minimum absolute atomic E-state index is 0.0420. The van der Waals surface area contributed by atoms with Crippen molar-refractivity contribution in [2.75, 3.05) is 19.0 Å². The minimum atomic E-state index is -0.0420. The summed E-state index contributed by atoms with van der Waals surface area (Å²) in [6, 6.07) is 15.4. The Hall–Kier alpha value is -3.52. The number of anilines is 1. The Morgan fingerprint density at radius 2 is 1.83 bits per heavy atom. The Morgan fingerprint density at radius 1 is 1.07 bits per heavy atom. The summed E-state index contributed by atoms with van der Waals surface area (Å²) in [5, 5.41) is 2.82. The molecule has 1 N–H and O–H groups in total. The second-order valence-electron chi connectivity index (χ2n) is 10.7. The molecule has 2 aliphatic rings. The molecule has 8 heteroatoms. The maximum absolute atomic E-state index is 10.9. The van der Waals surface area contributed by atoms with Crippen molar-refractivity contribution in [3.63, 3.8) is 0 Å². The molecule has 0 bridgehead atoms. The molecule has 0 spiro atoms. The van der Waals surface area contributed by atoms with E-state index < -0.39 is 0 Å². The average molecular weight is 556 g/mol. The lowest BCUT2D eigenvalue weighted by Gasteiger charge is -2.26. The van der Waals surface area contributed by atoms with E-state index in [1.807, 2.05) is 42.5 Å². The summed E-state index contributed by atoms with van der Waals surface area (Å²) >= 11 is 0. The molecule has 3 aromatic rings. The van der Waals surface area contributed by atoms with Crippen LogP contribution in [0.5, 0.6) is 5.88 Å². The van der Waals surface area contributed by atoms with Crippen molar-refractivity contribution in [3.05, 3.63) is 77.1 Å². The zero-order chi connectivity index (χ0) is 29.5. The van der Waals surface area contributed by atoms with Crippen molar-refractivity contribution in [1.82, 2.24) is 9.97 Å². The summed E-state index contributed by atoms with van der Waals surface area (Å²) in [5.41, 5.74) is 3.86. The van der Waals surface area contributed by atoms with E-state index in [0.29, 0.717) is 35.9 Å². The lowest BCUT2D eigenvalue weighted by Crippen LogP contribution is -2.20. The third kappa shape index (κ3) is 10.8. The van der Waals surface area contributed by atoms with Gasteiger partial charge in [0, 0.05) is 37.5 Å². The van der Waals surface area contributed by atoms with Crippen molar-refractivity contribution in [1.29, 1.82) is 0 Å². The normalized spacial score (nSPS) is 18.5. The van der Waals surface area contributed by atoms with Crippen molar-refractivity contribution in [2.45, 2.75) is 71.5 Å². The van der Waals surface area contributed by atoms with Crippen LogP contribution in [0.25, 0.3) is 0 Å². The number of benzene rings is 1. The Morgan fingerprint density at radius 3 is 2.41 bits per heavy atom. The zero-order valence-electron chi connectivity index (χ0n) is 24.6. The van der Waals surface area contributed by atoms with Crippen LogP contribution in [0.2, 0.25) is 0 Å². The van der Waals surface area contributed by atoms with Crippen LogP contribution in [0, 0.1) is 18.8 Å². The maximum Gasteiger partial charge on any atom is 0.213 e. The second-order valence-corrected chi connectivity index (χ2v) is 10.7. The first-order chi connectivity index (χ1) is 19.9. The second kappa shape index (κ2) is 17.3. The Balaban J connectivity index is 0.000000202. The van der Waals surface area contributed by atoms with Gasteiger partial charge in [-0.25, -0.2) is 9.97 Å². The third-order valence-corrected chi connectivity index (χ3v) is 7.42. The minimum Gasteiger partial charge on any atom is -0.473 e. The van der Waals surface area contributed by atoms with Gasteiger partial charge in [-0.2, -0.15) is 0 Å². The van der Waals surface area contributed by atoms with Crippen molar-refractivity contribution >= 4 is 31.7 Å². The van der Waals surface area contributed by atoms with Gasteiger partial charge in [-0.1, -0.05) is 80.9 Å². The summed E-state index contributed by atoms with van der Waals surface area (Å²) in [4.78, 5) is 29.9. The van der Waals surface area contributed by atoms with E-state index in [2.05, 4.69) is 22.2 Å². The van der Waals surface area contributed by atoms with E-state index in [1.165, 1.54) is 32.1 Å². The fraction of sp³-hybridized carbons (Fsp3) is 0.455. The van der Waals surface area contributed by atoms with Gasteiger partial charge in [0.25, 0.3) is 0 Å². The molecule has 3 heterocycles. The number of nitrogens with one attached hydrogen (secondary N) is 1. The van der Waals surface area contributed by atoms with Gasteiger partial charge in [-0.15, -0.1) is 0 Å². The van der Waals surface area contributed by atoms with Crippen molar-refractivity contribution < 1.29 is 19.1 Å². The number of aldehydes is 2. The van der Waals surface area contributed by atoms with Gasteiger partial charge in [-0.05, 0) is 42.9 Å². The third-order valence-electron chi connectivity index (χ3n) is 7.42. The van der Waals surface area contributed by atoms with E-state index in [-0.39, 0.29) is 12.0 Å². The van der Waals surface area contributed by atoms with Crippen molar-refractivity contribution in [3.8, 4) is 5.88 Å². The largest absolute Gasteiger partial charge is 0.473 e. The molecule has 1 aliphatic carbocycles. The van der Waals surface area contributed by atoms with Gasteiger partial charge >= 0.3 is 0 Å². The predicted molar refractivity (Wildman–Crippen MR) is 164 cm³/mol. The number of aromatic nitrogens is 2. The van der Waals surface area contributed by atoms with Crippen molar-refractivity contribution in [2.24, 2.45) is 11.8 Å². The number of rotatable bonds is 7. The standard InChI is InChI=1S/C18H19NO3.C8H9BN2O.C7H14/c20-12-15-8-9-21-17(10-15)16-6-7-18(19-11-16)22-13-14-4-2-1-3-5-14;1-5-7(9)3-6(4-12)8(10-2)11-5;1-7-5-3-2-4-6-7/h1-7,11-12,15,17H,8-10,13H2;3-4H,1-2H3,(H,10,11);7H,2-6H2,1H3. The summed E-state index contributed by atoms with van der Waals surface area (Å²) in [5.74, 6) is 2.29. The molecular formula is C33H42BN3O4. The van der Waals surface area contributed by atoms with E-state index in [1.54, 1.807) is 26.2 Å². The monoisotopic (exact) mass is 555 g/mol. The molecule has 2 unspecified atom stereocenters. The highest BCUT2D eigenvalue weighted by atomic mass is 16.5. The molecular weight excluding hydrogens is 513 g/mol. The van der Waals surface area contributed by atoms with Gasteiger partial charge in [0.15, 0.2) is 6.29 Å². The molecule has 2 aromatic heterocycles. The van der Waals surface area contributed by atoms with E-state index in [4.69, 9.17) is 17.3 Å². The lowest BCUT2D eigenvalue weighted by atomic mass is 9.91. The number of carbonyl (C=O) groups excluding carboxylic acids is 2. The molecule has 216 valence electrons. The Bertz CT molecular complexity index is 1200. The molecule has 7 nitrogen and oxygen atoms in total. The van der Waals surface area contributed by atoms with Crippen LogP contribution < -0.4 is 15.5 Å². The molecule has 1 saturated carbocycles. The number of carbonyl (C=O) groups is 2. The average Bonchev–Trinajstić information content (AvgIpc) is 3.03. The fourth-order valence-corrected chi connectivity index (χ4v) is 4.81. The van der Waals surface area contributed by atoms with Gasteiger partial charge in [-0.3, -0.25) is 4.79 Å². The fourth-order valence-electron chi connectivity index (χ4n) is 4.81. The van der Waals surface area contributed by atoms with E-state index >= 15 is 0 Å². The predicted octanol–water partition coefficient (Wildman–Crippen LogP) is 5.95. The maximum atomic E-state index is 10.9. The number of pyridine rings is 2. The van der Waals surface area contributed by atoms with E-state index in [0.717, 1.165) is 48.2 Å². The highest BCUT2D eigenvalue weighted by molar-refractivity contribution is 6.33. The van der Waals surface area contributed by atoms with Crippen LogP contribution in [0.1, 0.15) is 85.2 Å². The highest BCUT2D eigenvalue weighted by Gasteiger charge is 2.23. The van der Waals surface area contributed by atoms with Gasteiger partial charge < -0.3 is 19.6 Å². The first-order valence-corrected chi connectivity index (χ1v) is 14.5. The van der Waals surface area contributed by atoms with Crippen LogP contribution in [0.15, 0.2) is 54.7 Å². The molecule has 5 rings (SSSR count). The zero-order valence-corrected chi connectivity index (χ0v) is 24.6. The quantitative estimate of drug-likeness (QED) is 0.285.